The number of carbonyl (C=O) groups excluding carboxylic acids is 1. The average Bonchev–Trinajstić information content (AvgIpc) is 3.41. The molecule has 2 aliphatic carbocycles. The van der Waals surface area contributed by atoms with E-state index in [1.165, 1.54) is 17.2 Å². The number of rotatable bonds is 6. The lowest BCUT2D eigenvalue weighted by Gasteiger charge is -2.19. The summed E-state index contributed by atoms with van der Waals surface area (Å²) in [4.78, 5) is 14.7. The first-order valence-electron chi connectivity index (χ1n) is 10.4. The zero-order valence-corrected chi connectivity index (χ0v) is 18.6. The van der Waals surface area contributed by atoms with E-state index in [9.17, 15) is 13.2 Å². The molecule has 1 aromatic heterocycles. The molecule has 162 valence electrons. The predicted molar refractivity (Wildman–Crippen MR) is 115 cm³/mol. The van der Waals surface area contributed by atoms with Crippen molar-refractivity contribution in [1.82, 2.24) is 19.4 Å². The number of carbonyl (C=O) groups is 1. The Labute approximate surface area is 177 Å². The minimum absolute atomic E-state index is 0.160. The first kappa shape index (κ1) is 20.9. The minimum atomic E-state index is -4.05. The molecule has 1 heterocycles. The number of urea groups is 1. The Morgan fingerprint density at radius 2 is 1.80 bits per heavy atom. The van der Waals surface area contributed by atoms with Gasteiger partial charge in [0.15, 0.2) is 5.03 Å². The molecule has 0 bridgehead atoms. The van der Waals surface area contributed by atoms with Gasteiger partial charge in [-0.15, -0.1) is 0 Å². The molecule has 1 unspecified atom stereocenters. The van der Waals surface area contributed by atoms with Crippen molar-refractivity contribution < 1.29 is 13.2 Å². The molecule has 8 nitrogen and oxygen atoms in total. The Morgan fingerprint density at radius 3 is 2.40 bits per heavy atom. The van der Waals surface area contributed by atoms with Crippen LogP contribution < -0.4 is 10.0 Å². The van der Waals surface area contributed by atoms with Gasteiger partial charge in [-0.2, -0.15) is 13.5 Å². The zero-order valence-electron chi connectivity index (χ0n) is 17.7. The quantitative estimate of drug-likeness (QED) is 0.732. The summed E-state index contributed by atoms with van der Waals surface area (Å²) < 4.78 is 29.1. The van der Waals surface area contributed by atoms with Crippen LogP contribution in [0.1, 0.15) is 42.0 Å². The monoisotopic (exact) mass is 431 g/mol. The highest BCUT2D eigenvalue weighted by atomic mass is 32.2. The molecule has 2 aromatic rings. The van der Waals surface area contributed by atoms with Crippen molar-refractivity contribution in [3.63, 3.8) is 0 Å². The van der Waals surface area contributed by atoms with E-state index in [1.54, 1.807) is 10.9 Å². The van der Waals surface area contributed by atoms with Crippen LogP contribution in [0.5, 0.6) is 0 Å². The number of sulfonamides is 1. The zero-order chi connectivity index (χ0) is 21.5. The van der Waals surface area contributed by atoms with Crippen molar-refractivity contribution in [2.45, 2.75) is 63.1 Å². The van der Waals surface area contributed by atoms with Crippen molar-refractivity contribution in [2.24, 2.45) is 0 Å². The Hall–Kier alpha value is -2.39. The molecule has 9 heteroatoms. The normalized spacial score (nSPS) is 16.4. The molecular weight excluding hydrogens is 402 g/mol. The van der Waals surface area contributed by atoms with Gasteiger partial charge >= 0.3 is 6.03 Å². The molecule has 0 aliphatic heterocycles. The molecule has 2 aliphatic rings. The van der Waals surface area contributed by atoms with E-state index < -0.39 is 16.1 Å². The second-order valence-electron chi connectivity index (χ2n) is 8.48. The maximum atomic E-state index is 12.7. The second kappa shape index (κ2) is 8.03. The van der Waals surface area contributed by atoms with Crippen LogP contribution in [0.15, 0.2) is 23.4 Å². The smallest absolute Gasteiger partial charge is 0.307 e. The third-order valence-electron chi connectivity index (χ3n) is 6.16. The number of anilines is 1. The number of amides is 2. The lowest BCUT2D eigenvalue weighted by molar-refractivity contribution is 0.256. The Balaban J connectivity index is 1.49. The fourth-order valence-corrected chi connectivity index (χ4v) is 5.15. The number of aryl methyl sites for hydroxylation is 2. The lowest BCUT2D eigenvalue weighted by atomic mass is 9.99. The van der Waals surface area contributed by atoms with E-state index >= 15 is 0 Å². The van der Waals surface area contributed by atoms with Crippen LogP contribution in [-0.4, -0.2) is 49.3 Å². The van der Waals surface area contributed by atoms with Crippen LogP contribution in [0.2, 0.25) is 0 Å². The number of nitrogens with one attached hydrogen (secondary N) is 2. The standard InChI is InChI=1S/C21H29N5O3S/c1-14(25(2)3)13-26-11-10-19(23-26)30(28,29)24-21(27)22-20-17-8-4-6-15(17)12-16-7-5-9-18(16)20/h10-12,14H,4-9,13H2,1-3H3,(H2,22,24,27). The molecule has 30 heavy (non-hydrogen) atoms. The summed E-state index contributed by atoms with van der Waals surface area (Å²) in [5.74, 6) is 0. The lowest BCUT2D eigenvalue weighted by Crippen LogP contribution is -2.35. The third-order valence-corrected chi connectivity index (χ3v) is 7.39. The molecule has 2 amide bonds. The number of fused-ring (bicyclic) bond motifs is 2. The molecular formula is C21H29N5O3S. The van der Waals surface area contributed by atoms with Crippen LogP contribution in [0, 0.1) is 0 Å². The van der Waals surface area contributed by atoms with Crippen LogP contribution >= 0.6 is 0 Å². The Kier molecular flexibility index (Phi) is 5.59. The van der Waals surface area contributed by atoms with Gasteiger partial charge in [0.05, 0.1) is 6.54 Å². The van der Waals surface area contributed by atoms with Crippen LogP contribution in [0.4, 0.5) is 10.5 Å². The van der Waals surface area contributed by atoms with E-state index in [4.69, 9.17) is 0 Å². The fraction of sp³-hybridized carbons (Fsp3) is 0.524. The summed E-state index contributed by atoms with van der Waals surface area (Å²) in [6, 6.07) is 3.14. The number of benzene rings is 1. The minimum Gasteiger partial charge on any atom is -0.307 e. The number of hydrogen-bond donors (Lipinski definition) is 2. The number of nitrogens with zero attached hydrogens (tertiary/aromatic N) is 3. The van der Waals surface area contributed by atoms with E-state index in [0.29, 0.717) is 6.54 Å². The van der Waals surface area contributed by atoms with Crippen molar-refractivity contribution in [3.05, 3.63) is 40.6 Å². The summed E-state index contributed by atoms with van der Waals surface area (Å²) in [5, 5.41) is 6.83. The maximum Gasteiger partial charge on any atom is 0.333 e. The van der Waals surface area contributed by atoms with Crippen LogP contribution in [0.25, 0.3) is 0 Å². The first-order valence-corrected chi connectivity index (χ1v) is 11.9. The van der Waals surface area contributed by atoms with E-state index in [0.717, 1.165) is 55.3 Å². The summed E-state index contributed by atoms with van der Waals surface area (Å²) >= 11 is 0. The van der Waals surface area contributed by atoms with Gasteiger partial charge in [0, 0.05) is 17.9 Å². The van der Waals surface area contributed by atoms with Gasteiger partial charge in [0.1, 0.15) is 0 Å². The molecule has 0 radical (unpaired) electrons. The molecule has 0 spiro atoms. The maximum absolute atomic E-state index is 12.7. The molecule has 0 fully saturated rings. The number of hydrogen-bond acceptors (Lipinski definition) is 5. The van der Waals surface area contributed by atoms with Gasteiger partial charge in [-0.25, -0.2) is 9.52 Å². The van der Waals surface area contributed by atoms with Gasteiger partial charge in [0.2, 0.25) is 0 Å². The highest BCUT2D eigenvalue weighted by molar-refractivity contribution is 7.90. The van der Waals surface area contributed by atoms with Crippen LogP contribution in [-0.2, 0) is 42.3 Å². The molecule has 1 aromatic carbocycles. The SMILES string of the molecule is CC(Cn1ccc(S(=O)(=O)NC(=O)Nc2c3c(cc4c2CCC4)CCC3)n1)N(C)C. The summed E-state index contributed by atoms with van der Waals surface area (Å²) in [7, 11) is -0.144. The van der Waals surface area contributed by atoms with Crippen molar-refractivity contribution >= 4 is 21.7 Å². The third kappa shape index (κ3) is 4.09. The average molecular weight is 432 g/mol. The first-order chi connectivity index (χ1) is 14.2. The Morgan fingerprint density at radius 1 is 1.17 bits per heavy atom. The molecule has 1 atom stereocenters. The van der Waals surface area contributed by atoms with Crippen LogP contribution in [0.3, 0.4) is 0 Å². The Bertz CT molecular complexity index is 1040. The van der Waals surface area contributed by atoms with Gasteiger partial charge in [-0.1, -0.05) is 6.07 Å². The van der Waals surface area contributed by atoms with Crippen molar-refractivity contribution in [2.75, 3.05) is 19.4 Å². The van der Waals surface area contributed by atoms with E-state index in [-0.39, 0.29) is 11.1 Å². The van der Waals surface area contributed by atoms with E-state index in [2.05, 4.69) is 21.2 Å². The summed E-state index contributed by atoms with van der Waals surface area (Å²) in [6.07, 6.45) is 7.60. The fourth-order valence-electron chi connectivity index (χ4n) is 4.30. The highest BCUT2D eigenvalue weighted by Gasteiger charge is 2.27. The van der Waals surface area contributed by atoms with E-state index in [1.807, 2.05) is 25.9 Å². The number of aromatic nitrogens is 2. The van der Waals surface area contributed by atoms with Crippen molar-refractivity contribution in [1.29, 1.82) is 0 Å². The second-order valence-corrected chi connectivity index (χ2v) is 10.1. The highest BCUT2D eigenvalue weighted by Crippen LogP contribution is 2.38. The molecule has 4 rings (SSSR count). The molecule has 0 saturated carbocycles. The topological polar surface area (TPSA) is 96.3 Å². The molecule has 0 saturated heterocycles. The number of likely N-dealkylation sites (N-methyl/N-ethyl adjacent to an activating group) is 1. The van der Waals surface area contributed by atoms with Crippen molar-refractivity contribution in [3.8, 4) is 0 Å². The summed E-state index contributed by atoms with van der Waals surface area (Å²) in [5.41, 5.74) is 5.69. The largest absolute Gasteiger partial charge is 0.333 e. The predicted octanol–water partition coefficient (Wildman–Crippen LogP) is 2.32. The van der Waals surface area contributed by atoms with Gasteiger partial charge in [-0.05, 0) is 87.9 Å². The van der Waals surface area contributed by atoms with Gasteiger partial charge in [0.25, 0.3) is 10.0 Å². The molecule has 2 N–H and O–H groups in total. The summed E-state index contributed by atoms with van der Waals surface area (Å²) in [6.45, 7) is 2.58. The van der Waals surface area contributed by atoms with Gasteiger partial charge < -0.3 is 10.2 Å². The van der Waals surface area contributed by atoms with Gasteiger partial charge in [-0.3, -0.25) is 4.68 Å².